The zero-order valence-corrected chi connectivity index (χ0v) is 11.5. The summed E-state index contributed by atoms with van der Waals surface area (Å²) in [6.07, 6.45) is 2.89. The number of halogens is 2. The van der Waals surface area contributed by atoms with Crippen LogP contribution in [-0.2, 0) is 4.74 Å². The van der Waals surface area contributed by atoms with Gasteiger partial charge in [-0.3, -0.25) is 4.79 Å². The SMILES string of the molecule is C=CCOC(C)CNC(=O)c1cc(Cl)ncc1Cl. The summed E-state index contributed by atoms with van der Waals surface area (Å²) in [5.41, 5.74) is 0.299. The van der Waals surface area contributed by atoms with Crippen molar-refractivity contribution in [1.29, 1.82) is 0 Å². The van der Waals surface area contributed by atoms with Crippen molar-refractivity contribution in [3.63, 3.8) is 0 Å². The van der Waals surface area contributed by atoms with Gasteiger partial charge in [-0.25, -0.2) is 4.98 Å². The molecule has 0 saturated carbocycles. The normalized spacial score (nSPS) is 11.9. The van der Waals surface area contributed by atoms with Crippen LogP contribution in [0.4, 0.5) is 0 Å². The second-order valence-corrected chi connectivity index (χ2v) is 4.42. The molecule has 1 atom stereocenters. The number of nitrogens with one attached hydrogen (secondary N) is 1. The average Bonchev–Trinajstić information content (AvgIpc) is 2.36. The highest BCUT2D eigenvalue weighted by Crippen LogP contribution is 2.17. The Kier molecular flexibility index (Phi) is 6.12. The maximum absolute atomic E-state index is 11.8. The van der Waals surface area contributed by atoms with Crippen LogP contribution in [0.15, 0.2) is 24.9 Å². The summed E-state index contributed by atoms with van der Waals surface area (Å²) in [6, 6.07) is 1.43. The third kappa shape index (κ3) is 4.64. The van der Waals surface area contributed by atoms with Gasteiger partial charge in [-0.2, -0.15) is 0 Å². The van der Waals surface area contributed by atoms with E-state index in [9.17, 15) is 4.79 Å². The van der Waals surface area contributed by atoms with Crippen molar-refractivity contribution in [3.8, 4) is 0 Å². The van der Waals surface area contributed by atoms with Gasteiger partial charge in [-0.05, 0) is 13.0 Å². The minimum absolute atomic E-state index is 0.108. The molecule has 0 radical (unpaired) electrons. The Balaban J connectivity index is 2.55. The molecule has 18 heavy (non-hydrogen) atoms. The van der Waals surface area contributed by atoms with Crippen LogP contribution >= 0.6 is 23.2 Å². The molecule has 1 unspecified atom stereocenters. The summed E-state index contributed by atoms with van der Waals surface area (Å²) in [6.45, 7) is 6.22. The number of amides is 1. The molecule has 1 rings (SSSR count). The third-order valence-electron chi connectivity index (χ3n) is 2.12. The van der Waals surface area contributed by atoms with Gasteiger partial charge < -0.3 is 10.1 Å². The van der Waals surface area contributed by atoms with Crippen LogP contribution in [0.5, 0.6) is 0 Å². The highest BCUT2D eigenvalue weighted by atomic mass is 35.5. The van der Waals surface area contributed by atoms with Crippen LogP contribution in [0.2, 0.25) is 10.2 Å². The summed E-state index contributed by atoms with van der Waals surface area (Å²) in [5, 5.41) is 3.19. The molecule has 1 aromatic rings. The first kappa shape index (κ1) is 15.0. The molecule has 0 saturated heterocycles. The lowest BCUT2D eigenvalue weighted by atomic mass is 10.2. The summed E-state index contributed by atoms with van der Waals surface area (Å²) >= 11 is 11.6. The van der Waals surface area contributed by atoms with Crippen LogP contribution in [0, 0.1) is 0 Å². The Morgan fingerprint density at radius 2 is 2.39 bits per heavy atom. The fourth-order valence-corrected chi connectivity index (χ4v) is 1.56. The van der Waals surface area contributed by atoms with E-state index in [1.165, 1.54) is 12.3 Å². The Labute approximate surface area is 116 Å². The lowest BCUT2D eigenvalue weighted by Crippen LogP contribution is -2.32. The molecule has 0 aliphatic carbocycles. The summed E-state index contributed by atoms with van der Waals surface area (Å²) in [4.78, 5) is 15.6. The van der Waals surface area contributed by atoms with Gasteiger partial charge >= 0.3 is 0 Å². The zero-order valence-electron chi connectivity index (χ0n) is 9.95. The van der Waals surface area contributed by atoms with Gasteiger partial charge in [0, 0.05) is 12.7 Å². The molecule has 6 heteroatoms. The number of ether oxygens (including phenoxy) is 1. The fourth-order valence-electron chi connectivity index (χ4n) is 1.21. The number of carbonyl (C=O) groups is 1. The van der Waals surface area contributed by atoms with Crippen molar-refractivity contribution in [3.05, 3.63) is 40.7 Å². The van der Waals surface area contributed by atoms with E-state index in [-0.39, 0.29) is 22.2 Å². The van der Waals surface area contributed by atoms with Crippen molar-refractivity contribution in [2.75, 3.05) is 13.2 Å². The van der Waals surface area contributed by atoms with E-state index in [0.29, 0.717) is 18.7 Å². The molecule has 0 aliphatic heterocycles. The second-order valence-electron chi connectivity index (χ2n) is 3.63. The molecule has 1 heterocycles. The lowest BCUT2D eigenvalue weighted by Gasteiger charge is -2.13. The number of aromatic nitrogens is 1. The Morgan fingerprint density at radius 3 is 3.06 bits per heavy atom. The number of nitrogens with zero attached hydrogens (tertiary/aromatic N) is 1. The van der Waals surface area contributed by atoms with Crippen LogP contribution < -0.4 is 5.32 Å². The number of rotatable bonds is 6. The number of hydrogen-bond acceptors (Lipinski definition) is 3. The van der Waals surface area contributed by atoms with E-state index in [4.69, 9.17) is 27.9 Å². The van der Waals surface area contributed by atoms with Crippen LogP contribution in [0.1, 0.15) is 17.3 Å². The van der Waals surface area contributed by atoms with Gasteiger partial charge in [0.1, 0.15) is 5.15 Å². The number of carbonyl (C=O) groups excluding carboxylic acids is 1. The van der Waals surface area contributed by atoms with E-state index in [2.05, 4.69) is 16.9 Å². The topological polar surface area (TPSA) is 51.2 Å². The molecule has 0 fully saturated rings. The quantitative estimate of drug-likeness (QED) is 0.647. The van der Waals surface area contributed by atoms with Crippen molar-refractivity contribution in [1.82, 2.24) is 10.3 Å². The number of hydrogen-bond donors (Lipinski definition) is 1. The molecular weight excluding hydrogens is 275 g/mol. The van der Waals surface area contributed by atoms with E-state index in [1.54, 1.807) is 6.08 Å². The van der Waals surface area contributed by atoms with Crippen LogP contribution in [0.25, 0.3) is 0 Å². The number of pyridine rings is 1. The summed E-state index contributed by atoms with van der Waals surface area (Å²) < 4.78 is 5.33. The predicted molar refractivity (Wildman–Crippen MR) is 72.2 cm³/mol. The maximum Gasteiger partial charge on any atom is 0.253 e. The molecule has 0 aromatic carbocycles. The standard InChI is InChI=1S/C12H14Cl2N2O2/c1-3-4-18-8(2)6-16-12(17)9-5-11(14)15-7-10(9)13/h3,5,7-8H,1,4,6H2,2H3,(H,16,17). The molecule has 1 amide bonds. The molecule has 0 aliphatic rings. The van der Waals surface area contributed by atoms with Gasteiger partial charge in [0.2, 0.25) is 0 Å². The molecular formula is C12H14Cl2N2O2. The first-order chi connectivity index (χ1) is 8.54. The van der Waals surface area contributed by atoms with Gasteiger partial charge in [0.25, 0.3) is 5.91 Å². The first-order valence-electron chi connectivity index (χ1n) is 5.36. The van der Waals surface area contributed by atoms with Crippen LogP contribution in [0.3, 0.4) is 0 Å². The molecule has 1 N–H and O–H groups in total. The van der Waals surface area contributed by atoms with Gasteiger partial charge in [-0.15, -0.1) is 6.58 Å². The smallest absolute Gasteiger partial charge is 0.253 e. The van der Waals surface area contributed by atoms with Crippen molar-refractivity contribution >= 4 is 29.1 Å². The molecule has 0 bridgehead atoms. The largest absolute Gasteiger partial charge is 0.373 e. The van der Waals surface area contributed by atoms with Crippen LogP contribution in [-0.4, -0.2) is 30.1 Å². The first-order valence-corrected chi connectivity index (χ1v) is 6.12. The third-order valence-corrected chi connectivity index (χ3v) is 2.62. The monoisotopic (exact) mass is 288 g/mol. The second kappa shape index (κ2) is 7.36. The van der Waals surface area contributed by atoms with Gasteiger partial charge in [-0.1, -0.05) is 29.3 Å². The van der Waals surface area contributed by atoms with Crippen molar-refractivity contribution in [2.24, 2.45) is 0 Å². The fraction of sp³-hybridized carbons (Fsp3) is 0.333. The lowest BCUT2D eigenvalue weighted by molar-refractivity contribution is 0.0769. The molecule has 0 spiro atoms. The van der Waals surface area contributed by atoms with Gasteiger partial charge in [0.15, 0.2) is 0 Å². The Bertz CT molecular complexity index is 438. The predicted octanol–water partition coefficient (Wildman–Crippen LogP) is 2.71. The summed E-state index contributed by atoms with van der Waals surface area (Å²) in [5.74, 6) is -0.307. The summed E-state index contributed by atoms with van der Waals surface area (Å²) in [7, 11) is 0. The van der Waals surface area contributed by atoms with Gasteiger partial charge in [0.05, 0.1) is 23.3 Å². The minimum atomic E-state index is -0.307. The van der Waals surface area contributed by atoms with E-state index in [1.807, 2.05) is 6.92 Å². The molecule has 1 aromatic heterocycles. The van der Waals surface area contributed by atoms with Crippen molar-refractivity contribution < 1.29 is 9.53 Å². The zero-order chi connectivity index (χ0) is 13.5. The average molecular weight is 289 g/mol. The highest BCUT2D eigenvalue weighted by Gasteiger charge is 2.12. The van der Waals surface area contributed by atoms with E-state index < -0.39 is 0 Å². The highest BCUT2D eigenvalue weighted by molar-refractivity contribution is 6.35. The van der Waals surface area contributed by atoms with E-state index >= 15 is 0 Å². The maximum atomic E-state index is 11.8. The van der Waals surface area contributed by atoms with Crippen molar-refractivity contribution in [2.45, 2.75) is 13.0 Å². The molecule has 98 valence electrons. The minimum Gasteiger partial charge on any atom is -0.373 e. The molecule has 4 nitrogen and oxygen atoms in total. The Hall–Kier alpha value is -1.10. The Morgan fingerprint density at radius 1 is 1.67 bits per heavy atom. The van der Waals surface area contributed by atoms with E-state index in [0.717, 1.165) is 0 Å².